The Balaban J connectivity index is 1.89. The lowest BCUT2D eigenvalue weighted by atomic mass is 10.2. The number of fused-ring (bicyclic) bond motifs is 1. The van der Waals surface area contributed by atoms with Crippen LogP contribution in [-0.4, -0.2) is 58.0 Å². The average Bonchev–Trinajstić information content (AvgIpc) is 2.51. The van der Waals surface area contributed by atoms with E-state index in [4.69, 9.17) is 0 Å². The lowest BCUT2D eigenvalue weighted by molar-refractivity contribution is -0.136. The normalized spacial score (nSPS) is 19.3. The summed E-state index contributed by atoms with van der Waals surface area (Å²) < 4.78 is 1.48. The Labute approximate surface area is 135 Å². The van der Waals surface area contributed by atoms with E-state index in [1.54, 1.807) is 13.0 Å². The molecule has 122 valence electrons. The largest absolute Gasteiger partial charge is 0.336 e. The predicted molar refractivity (Wildman–Crippen MR) is 89.4 cm³/mol. The molecule has 0 saturated carbocycles. The molecule has 2 aromatic rings. The number of aryl methyl sites for hydroxylation is 1. The van der Waals surface area contributed by atoms with Gasteiger partial charge in [0.25, 0.3) is 5.56 Å². The topological polar surface area (TPSA) is 58.4 Å². The summed E-state index contributed by atoms with van der Waals surface area (Å²) in [6.45, 7) is 6.29. The Hall–Kier alpha value is -2.21. The van der Waals surface area contributed by atoms with Crippen molar-refractivity contribution in [2.45, 2.75) is 26.4 Å². The maximum atomic E-state index is 12.6. The second-order valence-corrected chi connectivity index (χ2v) is 6.27. The molecule has 6 nitrogen and oxygen atoms in total. The van der Waals surface area contributed by atoms with Crippen LogP contribution in [0.5, 0.6) is 0 Å². The number of benzene rings is 1. The van der Waals surface area contributed by atoms with E-state index in [0.29, 0.717) is 23.3 Å². The summed E-state index contributed by atoms with van der Waals surface area (Å²) in [5.74, 6) is 0.553. The average molecular weight is 314 g/mol. The number of nitrogens with zero attached hydrogens (tertiary/aromatic N) is 4. The van der Waals surface area contributed by atoms with E-state index in [0.717, 1.165) is 13.1 Å². The van der Waals surface area contributed by atoms with Crippen molar-refractivity contribution in [2.75, 3.05) is 26.7 Å². The molecule has 1 saturated heterocycles. The number of hydrogen-bond donors (Lipinski definition) is 0. The van der Waals surface area contributed by atoms with Gasteiger partial charge >= 0.3 is 0 Å². The van der Waals surface area contributed by atoms with Crippen LogP contribution in [0.1, 0.15) is 12.7 Å². The summed E-state index contributed by atoms with van der Waals surface area (Å²) in [5.41, 5.74) is 0.523. The minimum absolute atomic E-state index is 0.0205. The third-order valence-corrected chi connectivity index (χ3v) is 4.50. The molecule has 0 radical (unpaired) electrons. The van der Waals surface area contributed by atoms with Crippen molar-refractivity contribution in [3.05, 3.63) is 40.4 Å². The number of piperazine rings is 1. The molecule has 2 heterocycles. The van der Waals surface area contributed by atoms with Gasteiger partial charge in [0, 0.05) is 25.7 Å². The number of rotatable bonds is 2. The number of hydrogen-bond acceptors (Lipinski definition) is 4. The van der Waals surface area contributed by atoms with E-state index in [2.05, 4.69) is 16.9 Å². The second kappa shape index (κ2) is 6.12. The van der Waals surface area contributed by atoms with Gasteiger partial charge in [0.05, 0.1) is 10.9 Å². The molecule has 3 rings (SSSR count). The van der Waals surface area contributed by atoms with Gasteiger partial charge < -0.3 is 9.80 Å². The lowest BCUT2D eigenvalue weighted by Gasteiger charge is -2.38. The van der Waals surface area contributed by atoms with Gasteiger partial charge in [-0.15, -0.1) is 0 Å². The van der Waals surface area contributed by atoms with Gasteiger partial charge in [0.15, 0.2) is 0 Å². The Morgan fingerprint density at radius 1 is 1.30 bits per heavy atom. The van der Waals surface area contributed by atoms with Crippen LogP contribution >= 0.6 is 0 Å². The molecule has 1 aliphatic heterocycles. The summed E-state index contributed by atoms with van der Waals surface area (Å²) >= 11 is 0. The summed E-state index contributed by atoms with van der Waals surface area (Å²) in [6.07, 6.45) is 0. The van der Waals surface area contributed by atoms with E-state index in [-0.39, 0.29) is 24.1 Å². The molecular formula is C17H22N4O2. The number of aromatic nitrogens is 2. The quantitative estimate of drug-likeness (QED) is 0.825. The second-order valence-electron chi connectivity index (χ2n) is 6.27. The minimum atomic E-state index is -0.150. The molecule has 1 aromatic carbocycles. The van der Waals surface area contributed by atoms with Crippen LogP contribution in [0.3, 0.4) is 0 Å². The van der Waals surface area contributed by atoms with Crippen LogP contribution in [0.2, 0.25) is 0 Å². The summed E-state index contributed by atoms with van der Waals surface area (Å²) in [6, 6.07) is 7.40. The molecule has 1 fully saturated rings. The first-order valence-corrected chi connectivity index (χ1v) is 7.91. The van der Waals surface area contributed by atoms with Crippen LogP contribution in [0.15, 0.2) is 29.1 Å². The third-order valence-electron chi connectivity index (χ3n) is 4.50. The first-order valence-electron chi connectivity index (χ1n) is 7.91. The van der Waals surface area contributed by atoms with E-state index >= 15 is 0 Å². The predicted octanol–water partition coefficient (Wildman–Crippen LogP) is 0.867. The van der Waals surface area contributed by atoms with Gasteiger partial charge in [-0.3, -0.25) is 14.2 Å². The molecule has 1 aliphatic rings. The molecule has 23 heavy (non-hydrogen) atoms. The molecule has 0 bridgehead atoms. The SMILES string of the molecule is Cc1nc2ccccc2c(=O)n1CC(=O)N1CCN(C)CC1C. The van der Waals surface area contributed by atoms with Crippen molar-refractivity contribution in [3.8, 4) is 0 Å². The zero-order valence-electron chi connectivity index (χ0n) is 13.8. The number of likely N-dealkylation sites (N-methyl/N-ethyl adjacent to an activating group) is 1. The van der Waals surface area contributed by atoms with Gasteiger partial charge in [-0.05, 0) is 33.0 Å². The molecular weight excluding hydrogens is 292 g/mol. The maximum absolute atomic E-state index is 12.6. The van der Waals surface area contributed by atoms with Crippen LogP contribution in [0.4, 0.5) is 0 Å². The van der Waals surface area contributed by atoms with Crippen molar-refractivity contribution >= 4 is 16.8 Å². The van der Waals surface area contributed by atoms with Crippen molar-refractivity contribution in [1.82, 2.24) is 19.4 Å². The van der Waals surface area contributed by atoms with Gasteiger partial charge in [-0.2, -0.15) is 0 Å². The highest BCUT2D eigenvalue weighted by molar-refractivity contribution is 5.79. The number of amides is 1. The highest BCUT2D eigenvalue weighted by Crippen LogP contribution is 2.11. The molecule has 0 aliphatic carbocycles. The molecule has 1 unspecified atom stereocenters. The molecule has 1 amide bonds. The molecule has 0 spiro atoms. The fraction of sp³-hybridized carbons (Fsp3) is 0.471. The van der Waals surface area contributed by atoms with E-state index in [9.17, 15) is 9.59 Å². The van der Waals surface area contributed by atoms with E-state index in [1.165, 1.54) is 4.57 Å². The molecule has 1 aromatic heterocycles. The highest BCUT2D eigenvalue weighted by atomic mass is 16.2. The molecule has 1 atom stereocenters. The van der Waals surface area contributed by atoms with Gasteiger partial charge in [0.1, 0.15) is 12.4 Å². The first-order chi connectivity index (χ1) is 11.0. The third kappa shape index (κ3) is 2.99. The monoisotopic (exact) mass is 314 g/mol. The van der Waals surface area contributed by atoms with Crippen molar-refractivity contribution in [3.63, 3.8) is 0 Å². The number of carbonyl (C=O) groups excluding carboxylic acids is 1. The van der Waals surface area contributed by atoms with Crippen LogP contribution in [0.25, 0.3) is 10.9 Å². The maximum Gasteiger partial charge on any atom is 0.261 e. The standard InChI is InChI=1S/C17H22N4O2/c1-12-10-19(3)8-9-20(12)16(22)11-21-13(2)18-15-7-5-4-6-14(15)17(21)23/h4-7,12H,8-11H2,1-3H3. The Kier molecular flexibility index (Phi) is 4.17. The van der Waals surface area contributed by atoms with Gasteiger partial charge in [-0.25, -0.2) is 4.98 Å². The first kappa shape index (κ1) is 15.7. The zero-order chi connectivity index (χ0) is 16.6. The fourth-order valence-corrected chi connectivity index (χ4v) is 3.20. The summed E-state index contributed by atoms with van der Waals surface area (Å²) in [4.78, 5) is 33.8. The van der Waals surface area contributed by atoms with Crippen LogP contribution in [-0.2, 0) is 11.3 Å². The fourth-order valence-electron chi connectivity index (χ4n) is 3.20. The van der Waals surface area contributed by atoms with Crippen molar-refractivity contribution < 1.29 is 4.79 Å². The van der Waals surface area contributed by atoms with Crippen LogP contribution < -0.4 is 5.56 Å². The Bertz CT molecular complexity index is 799. The van der Waals surface area contributed by atoms with Crippen molar-refractivity contribution in [2.24, 2.45) is 0 Å². The van der Waals surface area contributed by atoms with Crippen LogP contribution in [0, 0.1) is 6.92 Å². The van der Waals surface area contributed by atoms with Gasteiger partial charge in [0.2, 0.25) is 5.91 Å². The number of para-hydroxylation sites is 1. The Morgan fingerprint density at radius 2 is 2.04 bits per heavy atom. The summed E-state index contributed by atoms with van der Waals surface area (Å²) in [5, 5.41) is 0.553. The molecule has 6 heteroatoms. The smallest absolute Gasteiger partial charge is 0.261 e. The molecule has 0 N–H and O–H groups in total. The zero-order valence-corrected chi connectivity index (χ0v) is 13.8. The highest BCUT2D eigenvalue weighted by Gasteiger charge is 2.26. The van der Waals surface area contributed by atoms with E-state index < -0.39 is 0 Å². The number of carbonyl (C=O) groups is 1. The minimum Gasteiger partial charge on any atom is -0.336 e. The summed E-state index contributed by atoms with van der Waals surface area (Å²) in [7, 11) is 2.06. The van der Waals surface area contributed by atoms with E-state index in [1.807, 2.05) is 30.0 Å². The van der Waals surface area contributed by atoms with Gasteiger partial charge in [-0.1, -0.05) is 12.1 Å². The van der Waals surface area contributed by atoms with Crippen molar-refractivity contribution in [1.29, 1.82) is 0 Å². The Morgan fingerprint density at radius 3 is 2.78 bits per heavy atom. The lowest BCUT2D eigenvalue weighted by Crippen LogP contribution is -2.54.